The van der Waals surface area contributed by atoms with Crippen LogP contribution in [0, 0.1) is 12.8 Å². The van der Waals surface area contributed by atoms with Crippen molar-refractivity contribution in [2.75, 3.05) is 11.9 Å². The van der Waals surface area contributed by atoms with Gasteiger partial charge in [0.2, 0.25) is 0 Å². The lowest BCUT2D eigenvalue weighted by molar-refractivity contribution is -0.149. The Morgan fingerprint density at radius 1 is 1.48 bits per heavy atom. The molecule has 116 valence electrons. The van der Waals surface area contributed by atoms with Gasteiger partial charge in [-0.3, -0.25) is 4.79 Å². The normalized spacial score (nSPS) is 21.9. The van der Waals surface area contributed by atoms with Gasteiger partial charge < -0.3 is 10.1 Å². The summed E-state index contributed by atoms with van der Waals surface area (Å²) >= 11 is 12.0. The lowest BCUT2D eigenvalue weighted by Gasteiger charge is -2.29. The number of ether oxygens (including phenoxy) is 1. The number of carbonyl (C=O) groups is 1. The van der Waals surface area contributed by atoms with Gasteiger partial charge in [0, 0.05) is 6.04 Å². The third-order valence-electron chi connectivity index (χ3n) is 3.78. The maximum absolute atomic E-state index is 11.9. The molecule has 1 saturated carbocycles. The van der Waals surface area contributed by atoms with E-state index in [0.717, 1.165) is 36.9 Å². The second-order valence-electron chi connectivity index (χ2n) is 5.38. The van der Waals surface area contributed by atoms with E-state index >= 15 is 0 Å². The zero-order valence-corrected chi connectivity index (χ0v) is 13.8. The number of pyridine rings is 1. The molecule has 1 aromatic rings. The Kier molecular flexibility index (Phi) is 5.71. The summed E-state index contributed by atoms with van der Waals surface area (Å²) in [6, 6.07) is 1.98. The lowest BCUT2D eigenvalue weighted by atomic mass is 9.85. The summed E-state index contributed by atoms with van der Waals surface area (Å²) in [7, 11) is 0. The minimum absolute atomic E-state index is 0.0319. The SMILES string of the molecule is CCOC(=O)C1CCCC(Nc2c(C)cc(Cl)nc2Cl)C1. The maximum atomic E-state index is 11.9. The Balaban J connectivity index is 2.04. The van der Waals surface area contributed by atoms with Crippen molar-refractivity contribution in [2.24, 2.45) is 5.92 Å². The van der Waals surface area contributed by atoms with Crippen molar-refractivity contribution >= 4 is 34.9 Å². The molecule has 6 heteroatoms. The minimum atomic E-state index is -0.0962. The number of esters is 1. The zero-order chi connectivity index (χ0) is 15.4. The highest BCUT2D eigenvalue weighted by Gasteiger charge is 2.28. The quantitative estimate of drug-likeness (QED) is 0.663. The third-order valence-corrected chi connectivity index (χ3v) is 4.25. The molecule has 2 atom stereocenters. The third kappa shape index (κ3) is 4.24. The van der Waals surface area contributed by atoms with Crippen LogP contribution in [0.5, 0.6) is 0 Å². The van der Waals surface area contributed by atoms with E-state index in [-0.39, 0.29) is 17.9 Å². The monoisotopic (exact) mass is 330 g/mol. The fourth-order valence-corrected chi connectivity index (χ4v) is 3.35. The number of aromatic nitrogens is 1. The van der Waals surface area contributed by atoms with E-state index < -0.39 is 0 Å². The molecule has 1 heterocycles. The molecule has 4 nitrogen and oxygen atoms in total. The number of rotatable bonds is 4. The van der Waals surface area contributed by atoms with E-state index in [9.17, 15) is 4.79 Å². The van der Waals surface area contributed by atoms with Crippen LogP contribution in [0.15, 0.2) is 6.07 Å². The Morgan fingerprint density at radius 3 is 2.90 bits per heavy atom. The highest BCUT2D eigenvalue weighted by Crippen LogP contribution is 2.32. The van der Waals surface area contributed by atoms with Crippen LogP contribution >= 0.6 is 23.2 Å². The summed E-state index contributed by atoms with van der Waals surface area (Å²) in [6.07, 6.45) is 3.66. The summed E-state index contributed by atoms with van der Waals surface area (Å²) in [5.74, 6) is -0.128. The van der Waals surface area contributed by atoms with Crippen LogP contribution in [0.25, 0.3) is 0 Å². The second-order valence-corrected chi connectivity index (χ2v) is 6.13. The first-order valence-corrected chi connectivity index (χ1v) is 8.02. The number of aryl methyl sites for hydroxylation is 1. The average Bonchev–Trinajstić information content (AvgIpc) is 2.43. The molecule has 0 spiro atoms. The maximum Gasteiger partial charge on any atom is 0.308 e. The Bertz CT molecular complexity index is 499. The first-order valence-electron chi connectivity index (χ1n) is 7.27. The van der Waals surface area contributed by atoms with Crippen LogP contribution in [0.1, 0.15) is 38.2 Å². The number of anilines is 1. The smallest absolute Gasteiger partial charge is 0.308 e. The van der Waals surface area contributed by atoms with Gasteiger partial charge in [0.05, 0.1) is 18.2 Å². The molecule has 0 saturated heterocycles. The Labute approximate surface area is 135 Å². The van der Waals surface area contributed by atoms with E-state index in [1.54, 1.807) is 6.07 Å². The van der Waals surface area contributed by atoms with Gasteiger partial charge in [0.25, 0.3) is 0 Å². The fourth-order valence-electron chi connectivity index (χ4n) is 2.77. The topological polar surface area (TPSA) is 51.2 Å². The molecule has 1 aliphatic rings. The molecule has 1 N–H and O–H groups in total. The van der Waals surface area contributed by atoms with Gasteiger partial charge in [-0.2, -0.15) is 0 Å². The van der Waals surface area contributed by atoms with Crippen molar-refractivity contribution in [3.63, 3.8) is 0 Å². The highest BCUT2D eigenvalue weighted by atomic mass is 35.5. The van der Waals surface area contributed by atoms with Crippen molar-refractivity contribution < 1.29 is 9.53 Å². The van der Waals surface area contributed by atoms with Gasteiger partial charge in [-0.25, -0.2) is 4.98 Å². The predicted octanol–water partition coefficient (Wildman–Crippen LogP) is 4.23. The number of hydrogen-bond acceptors (Lipinski definition) is 4. The van der Waals surface area contributed by atoms with Crippen LogP contribution in [-0.2, 0) is 9.53 Å². The van der Waals surface area contributed by atoms with Gasteiger partial charge in [-0.05, 0) is 44.7 Å². The molecule has 0 aliphatic heterocycles. The predicted molar refractivity (Wildman–Crippen MR) is 85.0 cm³/mol. The van der Waals surface area contributed by atoms with Crippen LogP contribution in [0.2, 0.25) is 10.3 Å². The van der Waals surface area contributed by atoms with Crippen LogP contribution in [-0.4, -0.2) is 23.6 Å². The van der Waals surface area contributed by atoms with E-state index in [1.807, 2.05) is 13.8 Å². The number of halogens is 2. The van der Waals surface area contributed by atoms with Gasteiger partial charge in [0.15, 0.2) is 5.15 Å². The van der Waals surface area contributed by atoms with Crippen LogP contribution < -0.4 is 5.32 Å². The molecule has 2 unspecified atom stereocenters. The van der Waals surface area contributed by atoms with Crippen molar-refractivity contribution in [3.8, 4) is 0 Å². The Hall–Kier alpha value is -1.00. The Morgan fingerprint density at radius 2 is 2.24 bits per heavy atom. The summed E-state index contributed by atoms with van der Waals surface area (Å²) in [5, 5.41) is 4.17. The minimum Gasteiger partial charge on any atom is -0.466 e. The molecule has 1 aliphatic carbocycles. The summed E-state index contributed by atoms with van der Waals surface area (Å²) in [4.78, 5) is 15.9. The number of nitrogens with zero attached hydrogens (tertiary/aromatic N) is 1. The van der Waals surface area contributed by atoms with E-state index in [2.05, 4.69) is 10.3 Å². The molecule has 0 aromatic carbocycles. The van der Waals surface area contributed by atoms with E-state index in [4.69, 9.17) is 27.9 Å². The van der Waals surface area contributed by atoms with Crippen LogP contribution in [0.3, 0.4) is 0 Å². The summed E-state index contributed by atoms with van der Waals surface area (Å²) < 4.78 is 5.12. The van der Waals surface area contributed by atoms with Crippen molar-refractivity contribution in [1.29, 1.82) is 0 Å². The van der Waals surface area contributed by atoms with Crippen molar-refractivity contribution in [2.45, 2.75) is 45.6 Å². The van der Waals surface area contributed by atoms with E-state index in [0.29, 0.717) is 16.9 Å². The first kappa shape index (κ1) is 16.4. The van der Waals surface area contributed by atoms with Gasteiger partial charge in [0.1, 0.15) is 5.15 Å². The number of carbonyl (C=O) groups excluding carboxylic acids is 1. The first-order chi connectivity index (χ1) is 10.0. The molecule has 1 aromatic heterocycles. The van der Waals surface area contributed by atoms with Gasteiger partial charge >= 0.3 is 5.97 Å². The highest BCUT2D eigenvalue weighted by molar-refractivity contribution is 6.34. The average molecular weight is 331 g/mol. The lowest BCUT2D eigenvalue weighted by Crippen LogP contribution is -2.32. The van der Waals surface area contributed by atoms with Crippen LogP contribution in [0.4, 0.5) is 5.69 Å². The molecule has 2 rings (SSSR count). The zero-order valence-electron chi connectivity index (χ0n) is 12.3. The number of nitrogens with one attached hydrogen (secondary N) is 1. The molecule has 0 radical (unpaired) electrons. The number of hydrogen-bond donors (Lipinski definition) is 1. The van der Waals surface area contributed by atoms with Gasteiger partial charge in [-0.1, -0.05) is 29.6 Å². The molecule has 0 bridgehead atoms. The van der Waals surface area contributed by atoms with Crippen molar-refractivity contribution in [1.82, 2.24) is 4.98 Å². The molecule has 0 amide bonds. The fraction of sp³-hybridized carbons (Fsp3) is 0.600. The largest absolute Gasteiger partial charge is 0.466 e. The molecule has 1 fully saturated rings. The van der Waals surface area contributed by atoms with E-state index in [1.165, 1.54) is 0 Å². The molecular weight excluding hydrogens is 311 g/mol. The standard InChI is InChI=1S/C15H20Cl2N2O2/c1-3-21-15(20)10-5-4-6-11(8-10)18-13-9(2)7-12(16)19-14(13)17/h7,10-11,18H,3-6,8H2,1-2H3. The van der Waals surface area contributed by atoms with Crippen molar-refractivity contribution in [3.05, 3.63) is 21.9 Å². The second kappa shape index (κ2) is 7.32. The molecule has 21 heavy (non-hydrogen) atoms. The molecular formula is C15H20Cl2N2O2. The van der Waals surface area contributed by atoms with Gasteiger partial charge in [-0.15, -0.1) is 0 Å². The summed E-state index contributed by atoms with van der Waals surface area (Å²) in [6.45, 7) is 4.20. The summed E-state index contributed by atoms with van der Waals surface area (Å²) in [5.41, 5.74) is 1.76.